The Kier molecular flexibility index (Phi) is 4.29. The summed E-state index contributed by atoms with van der Waals surface area (Å²) in [6, 6.07) is 11.0. The van der Waals surface area contributed by atoms with E-state index in [0.717, 1.165) is 23.2 Å². The standard InChI is InChI=1S/C16H20N4S/c1-17-14-10-15(20-16(19-14)21-2)18-13-9-5-7-11-6-3-4-8-12(11)13/h3-4,6,8,10,13H,5,7,9H2,1-2H3,(H2,17,18,19,20). The molecule has 0 fully saturated rings. The van der Waals surface area contributed by atoms with E-state index in [0.29, 0.717) is 6.04 Å². The molecule has 2 N–H and O–H groups in total. The molecule has 1 aromatic heterocycles. The van der Waals surface area contributed by atoms with Crippen LogP contribution in [0.15, 0.2) is 35.5 Å². The van der Waals surface area contributed by atoms with Crippen LogP contribution in [0.2, 0.25) is 0 Å². The lowest BCUT2D eigenvalue weighted by Gasteiger charge is -2.27. The lowest BCUT2D eigenvalue weighted by atomic mass is 9.88. The fourth-order valence-electron chi connectivity index (χ4n) is 2.80. The number of anilines is 2. The zero-order chi connectivity index (χ0) is 14.7. The predicted octanol–water partition coefficient (Wildman–Crippen LogP) is 3.73. The van der Waals surface area contributed by atoms with Crippen LogP contribution in [0.1, 0.15) is 30.0 Å². The first kappa shape index (κ1) is 14.2. The monoisotopic (exact) mass is 300 g/mol. The molecule has 5 heteroatoms. The zero-order valence-corrected chi connectivity index (χ0v) is 13.2. The molecule has 110 valence electrons. The van der Waals surface area contributed by atoms with E-state index in [2.05, 4.69) is 44.9 Å². The number of nitrogens with one attached hydrogen (secondary N) is 2. The number of hydrogen-bond donors (Lipinski definition) is 2. The van der Waals surface area contributed by atoms with Gasteiger partial charge in [-0.1, -0.05) is 36.0 Å². The molecule has 0 bridgehead atoms. The van der Waals surface area contributed by atoms with Crippen LogP contribution < -0.4 is 10.6 Å². The molecule has 0 amide bonds. The highest BCUT2D eigenvalue weighted by molar-refractivity contribution is 7.98. The highest BCUT2D eigenvalue weighted by atomic mass is 32.2. The molecule has 0 saturated heterocycles. The number of fused-ring (bicyclic) bond motifs is 1. The molecular formula is C16H20N4S. The van der Waals surface area contributed by atoms with Crippen LogP contribution in [0.3, 0.4) is 0 Å². The van der Waals surface area contributed by atoms with Gasteiger partial charge in [-0.05, 0) is 36.6 Å². The van der Waals surface area contributed by atoms with Gasteiger partial charge in [0.05, 0.1) is 6.04 Å². The largest absolute Gasteiger partial charge is 0.373 e. The molecule has 0 saturated carbocycles. The van der Waals surface area contributed by atoms with Crippen LogP contribution in [0, 0.1) is 0 Å². The molecule has 1 aliphatic rings. The van der Waals surface area contributed by atoms with Crippen LogP contribution in [-0.4, -0.2) is 23.3 Å². The van der Waals surface area contributed by atoms with Gasteiger partial charge in [-0.15, -0.1) is 0 Å². The first-order chi connectivity index (χ1) is 10.3. The zero-order valence-electron chi connectivity index (χ0n) is 12.4. The van der Waals surface area contributed by atoms with E-state index in [1.165, 1.54) is 24.0 Å². The van der Waals surface area contributed by atoms with E-state index < -0.39 is 0 Å². The van der Waals surface area contributed by atoms with Gasteiger partial charge in [0.1, 0.15) is 11.6 Å². The van der Waals surface area contributed by atoms with Crippen molar-refractivity contribution in [2.45, 2.75) is 30.5 Å². The van der Waals surface area contributed by atoms with Crippen molar-refractivity contribution in [3.8, 4) is 0 Å². The molecule has 1 heterocycles. The second-order valence-corrected chi connectivity index (χ2v) is 5.94. The minimum absolute atomic E-state index is 0.337. The van der Waals surface area contributed by atoms with Crippen LogP contribution in [-0.2, 0) is 6.42 Å². The van der Waals surface area contributed by atoms with Crippen molar-refractivity contribution in [2.75, 3.05) is 23.9 Å². The van der Waals surface area contributed by atoms with E-state index >= 15 is 0 Å². The van der Waals surface area contributed by atoms with E-state index in [9.17, 15) is 0 Å². The topological polar surface area (TPSA) is 49.8 Å². The number of aromatic nitrogens is 2. The van der Waals surface area contributed by atoms with Crippen molar-refractivity contribution in [1.29, 1.82) is 0 Å². The number of nitrogens with zero attached hydrogens (tertiary/aromatic N) is 2. The number of aryl methyl sites for hydroxylation is 1. The summed E-state index contributed by atoms with van der Waals surface area (Å²) in [5.41, 5.74) is 2.85. The Hall–Kier alpha value is -1.75. The van der Waals surface area contributed by atoms with Crippen molar-refractivity contribution in [3.63, 3.8) is 0 Å². The minimum atomic E-state index is 0.337. The molecule has 0 spiro atoms. The van der Waals surface area contributed by atoms with E-state index in [1.54, 1.807) is 11.8 Å². The van der Waals surface area contributed by atoms with Crippen molar-refractivity contribution >= 4 is 23.4 Å². The van der Waals surface area contributed by atoms with Crippen LogP contribution >= 0.6 is 11.8 Å². The number of benzene rings is 1. The van der Waals surface area contributed by atoms with Crippen molar-refractivity contribution in [3.05, 3.63) is 41.5 Å². The summed E-state index contributed by atoms with van der Waals surface area (Å²) in [7, 11) is 1.88. The molecule has 1 aromatic carbocycles. The van der Waals surface area contributed by atoms with E-state index in [4.69, 9.17) is 0 Å². The Balaban J connectivity index is 1.87. The predicted molar refractivity (Wildman–Crippen MR) is 89.1 cm³/mol. The van der Waals surface area contributed by atoms with Crippen molar-refractivity contribution in [2.24, 2.45) is 0 Å². The maximum absolute atomic E-state index is 4.57. The quantitative estimate of drug-likeness (QED) is 0.665. The molecule has 4 nitrogen and oxygen atoms in total. The van der Waals surface area contributed by atoms with Gasteiger partial charge in [0.2, 0.25) is 0 Å². The van der Waals surface area contributed by atoms with Gasteiger partial charge in [0, 0.05) is 13.1 Å². The molecular weight excluding hydrogens is 280 g/mol. The molecule has 0 aliphatic heterocycles. The number of hydrogen-bond acceptors (Lipinski definition) is 5. The third-order valence-corrected chi connectivity index (χ3v) is 4.38. The van der Waals surface area contributed by atoms with Crippen LogP contribution in [0.25, 0.3) is 0 Å². The third kappa shape index (κ3) is 3.13. The third-order valence-electron chi connectivity index (χ3n) is 3.84. The molecule has 0 radical (unpaired) electrons. The van der Waals surface area contributed by atoms with Crippen molar-refractivity contribution in [1.82, 2.24) is 9.97 Å². The highest BCUT2D eigenvalue weighted by Gasteiger charge is 2.20. The number of rotatable bonds is 4. The normalized spacial score (nSPS) is 17.1. The van der Waals surface area contributed by atoms with Gasteiger partial charge in [0.15, 0.2) is 5.16 Å². The Morgan fingerprint density at radius 3 is 2.81 bits per heavy atom. The summed E-state index contributed by atoms with van der Waals surface area (Å²) in [5, 5.41) is 7.46. The van der Waals surface area contributed by atoms with Gasteiger partial charge < -0.3 is 10.6 Å². The maximum atomic E-state index is 4.57. The fourth-order valence-corrected chi connectivity index (χ4v) is 3.18. The molecule has 1 unspecified atom stereocenters. The van der Waals surface area contributed by atoms with Gasteiger partial charge >= 0.3 is 0 Å². The van der Waals surface area contributed by atoms with Crippen LogP contribution in [0.4, 0.5) is 11.6 Å². The SMILES string of the molecule is CNc1cc(NC2CCCc3ccccc32)nc(SC)n1. The Bertz CT molecular complexity index is 607. The molecule has 1 aliphatic carbocycles. The van der Waals surface area contributed by atoms with Crippen molar-refractivity contribution < 1.29 is 0 Å². The summed E-state index contributed by atoms with van der Waals surface area (Å²) in [4.78, 5) is 8.98. The molecule has 2 aromatic rings. The Morgan fingerprint density at radius 2 is 2.00 bits per heavy atom. The number of thioether (sulfide) groups is 1. The van der Waals surface area contributed by atoms with Crippen LogP contribution in [0.5, 0.6) is 0 Å². The Labute approximate surface area is 129 Å². The Morgan fingerprint density at radius 1 is 1.19 bits per heavy atom. The molecule has 3 rings (SSSR count). The average molecular weight is 300 g/mol. The lowest BCUT2D eigenvalue weighted by Crippen LogP contribution is -2.18. The summed E-state index contributed by atoms with van der Waals surface area (Å²) < 4.78 is 0. The van der Waals surface area contributed by atoms with Gasteiger partial charge in [0.25, 0.3) is 0 Å². The van der Waals surface area contributed by atoms with Gasteiger partial charge in [-0.25, -0.2) is 9.97 Å². The minimum Gasteiger partial charge on any atom is -0.373 e. The van der Waals surface area contributed by atoms with E-state index in [-0.39, 0.29) is 0 Å². The summed E-state index contributed by atoms with van der Waals surface area (Å²) in [5.74, 6) is 1.74. The maximum Gasteiger partial charge on any atom is 0.191 e. The second-order valence-electron chi connectivity index (χ2n) is 5.16. The van der Waals surface area contributed by atoms with Gasteiger partial charge in [-0.2, -0.15) is 0 Å². The first-order valence-corrected chi connectivity index (χ1v) is 8.48. The average Bonchev–Trinajstić information content (AvgIpc) is 2.55. The second kappa shape index (κ2) is 6.35. The first-order valence-electron chi connectivity index (χ1n) is 7.25. The lowest BCUT2D eigenvalue weighted by molar-refractivity contribution is 0.597. The van der Waals surface area contributed by atoms with Gasteiger partial charge in [-0.3, -0.25) is 0 Å². The summed E-state index contributed by atoms with van der Waals surface area (Å²) >= 11 is 1.56. The molecule has 21 heavy (non-hydrogen) atoms. The summed E-state index contributed by atoms with van der Waals surface area (Å²) in [6.07, 6.45) is 5.53. The molecule has 1 atom stereocenters. The van der Waals surface area contributed by atoms with E-state index in [1.807, 2.05) is 19.4 Å². The smallest absolute Gasteiger partial charge is 0.191 e. The highest BCUT2D eigenvalue weighted by Crippen LogP contribution is 2.32. The fraction of sp³-hybridized carbons (Fsp3) is 0.375. The summed E-state index contributed by atoms with van der Waals surface area (Å²) in [6.45, 7) is 0.